The third-order valence-corrected chi connectivity index (χ3v) is 1.85. The minimum atomic E-state index is 0.704. The number of allylic oxidation sites excluding steroid dienone is 2. The van der Waals surface area contributed by atoms with Gasteiger partial charge in [0, 0.05) is 10.9 Å². The van der Waals surface area contributed by atoms with Gasteiger partial charge in [-0.3, -0.25) is 4.79 Å². The van der Waals surface area contributed by atoms with E-state index in [-0.39, 0.29) is 0 Å². The molecule has 0 aliphatic heterocycles. The summed E-state index contributed by atoms with van der Waals surface area (Å²) in [4.78, 5) is 10.6. The lowest BCUT2D eigenvalue weighted by Crippen LogP contribution is -1.84. The molecule has 0 aliphatic rings. The molecule has 1 nitrogen and oxygen atoms in total. The van der Waals surface area contributed by atoms with Crippen LogP contribution in [0.5, 0.6) is 0 Å². The Morgan fingerprint density at radius 1 is 1.33 bits per heavy atom. The average molecular weight is 225 g/mol. The molecule has 0 fully saturated rings. The topological polar surface area (TPSA) is 17.1 Å². The summed E-state index contributed by atoms with van der Waals surface area (Å²) < 4.78 is 0. The van der Waals surface area contributed by atoms with E-state index >= 15 is 0 Å². The molecule has 0 bridgehead atoms. The molecule has 0 aromatic heterocycles. The van der Waals surface area contributed by atoms with Crippen LogP contribution in [-0.2, 0) is 4.79 Å². The van der Waals surface area contributed by atoms with Crippen molar-refractivity contribution >= 4 is 27.8 Å². The number of benzene rings is 1. The van der Waals surface area contributed by atoms with E-state index < -0.39 is 0 Å². The zero-order chi connectivity index (χ0) is 8.81. The van der Waals surface area contributed by atoms with Gasteiger partial charge in [-0.2, -0.15) is 0 Å². The Morgan fingerprint density at radius 3 is 2.50 bits per heavy atom. The number of aldehydes is 1. The molecule has 0 saturated carbocycles. The molecule has 2 heteroatoms. The fourth-order valence-electron chi connectivity index (χ4n) is 0.948. The molecule has 1 rings (SSSR count). The quantitative estimate of drug-likeness (QED) is 0.439. The van der Waals surface area contributed by atoms with E-state index in [1.807, 2.05) is 36.4 Å². The van der Waals surface area contributed by atoms with Crippen molar-refractivity contribution in [3.63, 3.8) is 0 Å². The van der Waals surface area contributed by atoms with Crippen molar-refractivity contribution in [2.45, 2.75) is 0 Å². The molecule has 0 unspecified atom stereocenters. The minimum absolute atomic E-state index is 0.704. The fraction of sp³-hybridized carbons (Fsp3) is 0.100. The zero-order valence-electron chi connectivity index (χ0n) is 6.53. The Balaban J connectivity index is 2.96. The van der Waals surface area contributed by atoms with Gasteiger partial charge in [0.1, 0.15) is 6.29 Å². The van der Waals surface area contributed by atoms with E-state index in [1.54, 1.807) is 0 Å². The van der Waals surface area contributed by atoms with Crippen LogP contribution in [-0.4, -0.2) is 11.6 Å². The van der Waals surface area contributed by atoms with E-state index in [1.165, 1.54) is 0 Å². The summed E-state index contributed by atoms with van der Waals surface area (Å²) in [6, 6.07) is 9.60. The Bertz CT molecular complexity index is 277. The lowest BCUT2D eigenvalue weighted by Gasteiger charge is -1.97. The van der Waals surface area contributed by atoms with Gasteiger partial charge >= 0.3 is 0 Å². The highest BCUT2D eigenvalue weighted by atomic mass is 79.9. The number of hydrogen-bond acceptors (Lipinski definition) is 1. The van der Waals surface area contributed by atoms with Gasteiger partial charge in [-0.1, -0.05) is 52.3 Å². The third-order valence-electron chi connectivity index (χ3n) is 1.53. The largest absolute Gasteiger partial charge is 0.298 e. The van der Waals surface area contributed by atoms with Crippen LogP contribution in [0.2, 0.25) is 0 Å². The van der Waals surface area contributed by atoms with Gasteiger partial charge in [0.15, 0.2) is 0 Å². The standard InChI is InChI=1S/C10H9BrO/c11-7-6-10(8-12)9-4-2-1-3-5-9/h1-6,8H,7H2/b10-6+. The Kier molecular flexibility index (Phi) is 3.74. The number of alkyl halides is 1. The van der Waals surface area contributed by atoms with E-state index in [2.05, 4.69) is 15.9 Å². The Hall–Kier alpha value is -0.890. The molecule has 1 aromatic carbocycles. The van der Waals surface area contributed by atoms with Crippen molar-refractivity contribution in [2.75, 3.05) is 5.33 Å². The molecule has 0 aliphatic carbocycles. The van der Waals surface area contributed by atoms with Crippen LogP contribution in [0.3, 0.4) is 0 Å². The molecule has 0 N–H and O–H groups in total. The van der Waals surface area contributed by atoms with Crippen molar-refractivity contribution in [3.05, 3.63) is 42.0 Å². The first-order valence-corrected chi connectivity index (χ1v) is 4.77. The molecule has 1 aromatic rings. The molecular weight excluding hydrogens is 216 g/mol. The summed E-state index contributed by atoms with van der Waals surface area (Å²) >= 11 is 3.25. The first-order chi connectivity index (χ1) is 5.88. The van der Waals surface area contributed by atoms with Crippen molar-refractivity contribution < 1.29 is 4.79 Å². The molecule has 12 heavy (non-hydrogen) atoms. The van der Waals surface area contributed by atoms with E-state index in [0.717, 1.165) is 17.4 Å². The van der Waals surface area contributed by atoms with Gasteiger partial charge in [-0.25, -0.2) is 0 Å². The predicted molar refractivity (Wildman–Crippen MR) is 54.3 cm³/mol. The number of hydrogen-bond donors (Lipinski definition) is 0. The summed E-state index contributed by atoms with van der Waals surface area (Å²) in [5, 5.41) is 0.704. The minimum Gasteiger partial charge on any atom is -0.298 e. The highest BCUT2D eigenvalue weighted by molar-refractivity contribution is 9.09. The van der Waals surface area contributed by atoms with Gasteiger partial charge in [-0.05, 0) is 5.56 Å². The summed E-state index contributed by atoms with van der Waals surface area (Å²) in [6.07, 6.45) is 2.72. The molecule has 0 heterocycles. The lowest BCUT2D eigenvalue weighted by atomic mass is 10.1. The van der Waals surface area contributed by atoms with Crippen molar-refractivity contribution in [1.82, 2.24) is 0 Å². The molecule has 0 spiro atoms. The van der Waals surface area contributed by atoms with Crippen LogP contribution in [0, 0.1) is 0 Å². The average Bonchev–Trinajstić information content (AvgIpc) is 2.15. The second-order valence-corrected chi connectivity index (χ2v) is 2.95. The van der Waals surface area contributed by atoms with Gasteiger partial charge in [0.25, 0.3) is 0 Å². The maximum Gasteiger partial charge on any atom is 0.150 e. The van der Waals surface area contributed by atoms with Gasteiger partial charge in [-0.15, -0.1) is 0 Å². The van der Waals surface area contributed by atoms with Crippen LogP contribution in [0.1, 0.15) is 5.56 Å². The summed E-state index contributed by atoms with van der Waals surface area (Å²) in [7, 11) is 0. The van der Waals surface area contributed by atoms with Crippen LogP contribution in [0.4, 0.5) is 0 Å². The molecule has 62 valence electrons. The summed E-state index contributed by atoms with van der Waals surface area (Å²) in [5.41, 5.74) is 1.69. The second kappa shape index (κ2) is 4.88. The second-order valence-electron chi connectivity index (χ2n) is 2.30. The Morgan fingerprint density at radius 2 is 2.00 bits per heavy atom. The van der Waals surface area contributed by atoms with E-state index in [4.69, 9.17) is 0 Å². The maximum absolute atomic E-state index is 10.6. The Labute approximate surface area is 80.2 Å². The summed E-state index contributed by atoms with van der Waals surface area (Å²) in [6.45, 7) is 0. The van der Waals surface area contributed by atoms with Crippen molar-refractivity contribution in [2.24, 2.45) is 0 Å². The molecule has 0 atom stereocenters. The third kappa shape index (κ3) is 2.31. The highest BCUT2D eigenvalue weighted by Gasteiger charge is 1.96. The number of carbonyl (C=O) groups excluding carboxylic acids is 1. The molecule has 0 amide bonds. The molecule has 0 saturated heterocycles. The van der Waals surface area contributed by atoms with Crippen LogP contribution in [0.15, 0.2) is 36.4 Å². The zero-order valence-corrected chi connectivity index (χ0v) is 8.12. The SMILES string of the molecule is O=C/C(=C\CBr)c1ccccc1. The highest BCUT2D eigenvalue weighted by Crippen LogP contribution is 2.11. The van der Waals surface area contributed by atoms with E-state index in [0.29, 0.717) is 5.33 Å². The monoisotopic (exact) mass is 224 g/mol. The molecular formula is C10H9BrO. The predicted octanol–water partition coefficient (Wildman–Crippen LogP) is 2.66. The number of halogens is 1. The first-order valence-electron chi connectivity index (χ1n) is 3.65. The number of carbonyl (C=O) groups is 1. The summed E-state index contributed by atoms with van der Waals surface area (Å²) in [5.74, 6) is 0. The van der Waals surface area contributed by atoms with Gasteiger partial charge in [0.2, 0.25) is 0 Å². The lowest BCUT2D eigenvalue weighted by molar-refractivity contribution is -0.103. The van der Waals surface area contributed by atoms with E-state index in [9.17, 15) is 4.79 Å². The van der Waals surface area contributed by atoms with Crippen molar-refractivity contribution in [1.29, 1.82) is 0 Å². The smallest absolute Gasteiger partial charge is 0.150 e. The van der Waals surface area contributed by atoms with Crippen LogP contribution in [0.25, 0.3) is 5.57 Å². The fourth-order valence-corrected chi connectivity index (χ4v) is 1.30. The van der Waals surface area contributed by atoms with Crippen LogP contribution >= 0.6 is 15.9 Å². The van der Waals surface area contributed by atoms with Crippen molar-refractivity contribution in [3.8, 4) is 0 Å². The van der Waals surface area contributed by atoms with Crippen LogP contribution < -0.4 is 0 Å². The first kappa shape index (κ1) is 9.20. The number of rotatable bonds is 3. The molecule has 0 radical (unpaired) electrons. The normalized spacial score (nSPS) is 11.2. The van der Waals surface area contributed by atoms with Gasteiger partial charge < -0.3 is 0 Å². The maximum atomic E-state index is 10.6. The van der Waals surface area contributed by atoms with Gasteiger partial charge in [0.05, 0.1) is 0 Å².